The van der Waals surface area contributed by atoms with Gasteiger partial charge in [0.2, 0.25) is 10.0 Å². The summed E-state index contributed by atoms with van der Waals surface area (Å²) in [5, 5.41) is 2.58. The zero-order valence-corrected chi connectivity index (χ0v) is 19.6. The molecule has 0 saturated heterocycles. The molecule has 0 N–H and O–H groups in total. The molecule has 0 aliphatic heterocycles. The van der Waals surface area contributed by atoms with Crippen LogP contribution >= 0.6 is 11.3 Å². The maximum atomic E-state index is 13.1. The average Bonchev–Trinajstić information content (AvgIpc) is 3.21. The molecule has 0 radical (unpaired) electrons. The Kier molecular flexibility index (Phi) is 6.14. The third kappa shape index (κ3) is 4.32. The van der Waals surface area contributed by atoms with Crippen molar-refractivity contribution in [3.8, 4) is 16.9 Å². The van der Waals surface area contributed by atoms with Crippen molar-refractivity contribution >= 4 is 31.6 Å². The number of benzene rings is 2. The Morgan fingerprint density at radius 2 is 1.75 bits per heavy atom. The van der Waals surface area contributed by atoms with Crippen molar-refractivity contribution in [3.63, 3.8) is 0 Å². The largest absolute Gasteiger partial charge is 0.492 e. The number of nitrogens with zero attached hydrogens (tertiary/aromatic N) is 3. The molecular weight excluding hydrogens is 446 g/mol. The van der Waals surface area contributed by atoms with Gasteiger partial charge in [-0.25, -0.2) is 17.7 Å². The average molecular weight is 470 g/mol. The number of sulfonamides is 1. The Bertz CT molecular complexity index is 1400. The molecule has 0 aliphatic rings. The van der Waals surface area contributed by atoms with Crippen molar-refractivity contribution in [3.05, 3.63) is 76.2 Å². The van der Waals surface area contributed by atoms with Crippen LogP contribution in [0.25, 0.3) is 21.3 Å². The van der Waals surface area contributed by atoms with Gasteiger partial charge in [0.1, 0.15) is 17.2 Å². The number of aryl methyl sites for hydroxylation is 1. The first-order valence-corrected chi connectivity index (χ1v) is 12.3. The molecule has 0 aliphatic carbocycles. The van der Waals surface area contributed by atoms with Gasteiger partial charge < -0.3 is 4.74 Å². The number of rotatable bonds is 7. The number of thiophene rings is 1. The lowest BCUT2D eigenvalue weighted by Gasteiger charge is -2.12. The lowest BCUT2D eigenvalue weighted by Crippen LogP contribution is -2.23. The Balaban J connectivity index is 1.51. The van der Waals surface area contributed by atoms with Crippen LogP contribution in [0.2, 0.25) is 0 Å². The first-order valence-electron chi connectivity index (χ1n) is 9.96. The number of ether oxygens (including phenoxy) is 1. The first-order chi connectivity index (χ1) is 15.3. The fourth-order valence-electron chi connectivity index (χ4n) is 3.25. The Morgan fingerprint density at radius 1 is 1.06 bits per heavy atom. The van der Waals surface area contributed by atoms with Crippen LogP contribution in [-0.4, -0.2) is 43.0 Å². The van der Waals surface area contributed by atoms with Gasteiger partial charge in [-0.15, -0.1) is 11.3 Å². The van der Waals surface area contributed by atoms with E-state index in [4.69, 9.17) is 4.74 Å². The predicted molar refractivity (Wildman–Crippen MR) is 127 cm³/mol. The fourth-order valence-corrected chi connectivity index (χ4v) is 5.06. The number of hydrogen-bond acceptors (Lipinski definition) is 6. The van der Waals surface area contributed by atoms with Crippen molar-refractivity contribution in [2.75, 3.05) is 20.7 Å². The quantitative estimate of drug-likeness (QED) is 0.412. The van der Waals surface area contributed by atoms with Gasteiger partial charge >= 0.3 is 0 Å². The SMILES string of the molecule is Cc1ccc(-c2csc3ncn(CCOc4ccc(S(=O)(=O)N(C)C)cc4)c(=O)c23)cc1. The zero-order chi connectivity index (χ0) is 22.9. The second-order valence-corrected chi connectivity index (χ2v) is 10.6. The standard InChI is InChI=1S/C23H23N3O4S2/c1-16-4-6-17(7-5-16)20-14-31-22-21(20)23(27)26(15-24-22)12-13-30-18-8-10-19(11-9-18)32(28,29)25(2)3/h4-11,14-15H,12-13H2,1-3H3. The van der Waals surface area contributed by atoms with Gasteiger partial charge in [-0.05, 0) is 36.8 Å². The topological polar surface area (TPSA) is 81.5 Å². The van der Waals surface area contributed by atoms with Gasteiger partial charge in [-0.3, -0.25) is 9.36 Å². The smallest absolute Gasteiger partial charge is 0.262 e. The molecule has 0 fully saturated rings. The summed E-state index contributed by atoms with van der Waals surface area (Å²) in [6, 6.07) is 14.3. The summed E-state index contributed by atoms with van der Waals surface area (Å²) < 4.78 is 32.7. The molecule has 2 aromatic heterocycles. The summed E-state index contributed by atoms with van der Waals surface area (Å²) >= 11 is 1.45. The van der Waals surface area contributed by atoms with Gasteiger partial charge in [0.25, 0.3) is 5.56 Å². The lowest BCUT2D eigenvalue weighted by molar-refractivity contribution is 0.296. The molecule has 4 rings (SSSR count). The van der Waals surface area contributed by atoms with Crippen LogP contribution < -0.4 is 10.3 Å². The lowest BCUT2D eigenvalue weighted by atomic mass is 10.1. The third-order valence-electron chi connectivity index (χ3n) is 5.13. The fraction of sp³-hybridized carbons (Fsp3) is 0.217. The molecule has 9 heteroatoms. The van der Waals surface area contributed by atoms with E-state index in [9.17, 15) is 13.2 Å². The summed E-state index contributed by atoms with van der Waals surface area (Å²) in [7, 11) is -0.510. The summed E-state index contributed by atoms with van der Waals surface area (Å²) in [5.74, 6) is 0.528. The van der Waals surface area contributed by atoms with E-state index in [0.29, 0.717) is 22.5 Å². The molecule has 0 atom stereocenters. The summed E-state index contributed by atoms with van der Waals surface area (Å²) in [6.45, 7) is 2.60. The van der Waals surface area contributed by atoms with Crippen LogP contribution in [0.3, 0.4) is 0 Å². The molecule has 0 unspecified atom stereocenters. The van der Waals surface area contributed by atoms with Gasteiger partial charge in [0.05, 0.1) is 23.2 Å². The Labute approximate surface area is 190 Å². The van der Waals surface area contributed by atoms with Crippen molar-refractivity contribution in [2.24, 2.45) is 0 Å². The van der Waals surface area contributed by atoms with Gasteiger partial charge in [0.15, 0.2) is 0 Å². The van der Waals surface area contributed by atoms with Crippen LogP contribution in [0.4, 0.5) is 0 Å². The highest BCUT2D eigenvalue weighted by Crippen LogP contribution is 2.30. The molecule has 0 amide bonds. The van der Waals surface area contributed by atoms with Crippen LogP contribution in [0, 0.1) is 6.92 Å². The first kappa shape index (κ1) is 22.2. The van der Waals surface area contributed by atoms with E-state index in [1.54, 1.807) is 12.1 Å². The van der Waals surface area contributed by atoms with E-state index in [1.165, 1.54) is 48.5 Å². The monoisotopic (exact) mass is 469 g/mol. The Hall–Kier alpha value is -3.01. The highest BCUT2D eigenvalue weighted by molar-refractivity contribution is 7.89. The maximum Gasteiger partial charge on any atom is 0.262 e. The van der Waals surface area contributed by atoms with Gasteiger partial charge in [0, 0.05) is 25.0 Å². The van der Waals surface area contributed by atoms with Crippen LogP contribution in [0.15, 0.2) is 69.9 Å². The minimum Gasteiger partial charge on any atom is -0.492 e. The van der Waals surface area contributed by atoms with Crippen molar-refractivity contribution < 1.29 is 13.2 Å². The van der Waals surface area contributed by atoms with Crippen molar-refractivity contribution in [1.82, 2.24) is 13.9 Å². The van der Waals surface area contributed by atoms with Crippen LogP contribution in [0.1, 0.15) is 5.56 Å². The second-order valence-electron chi connectivity index (χ2n) is 7.55. The zero-order valence-electron chi connectivity index (χ0n) is 18.0. The molecule has 0 bridgehead atoms. The van der Waals surface area contributed by atoms with Crippen LogP contribution in [0.5, 0.6) is 5.75 Å². The van der Waals surface area contributed by atoms with E-state index in [2.05, 4.69) is 4.98 Å². The van der Waals surface area contributed by atoms with Crippen LogP contribution in [-0.2, 0) is 16.6 Å². The molecule has 2 aromatic carbocycles. The summed E-state index contributed by atoms with van der Waals surface area (Å²) in [4.78, 5) is 18.5. The van der Waals surface area contributed by atoms with E-state index >= 15 is 0 Å². The highest BCUT2D eigenvalue weighted by atomic mass is 32.2. The molecule has 166 valence electrons. The van der Waals surface area contributed by atoms with Gasteiger partial charge in [-0.1, -0.05) is 29.8 Å². The summed E-state index contributed by atoms with van der Waals surface area (Å²) in [5.41, 5.74) is 2.93. The molecular formula is C23H23N3O4S2. The Morgan fingerprint density at radius 3 is 2.41 bits per heavy atom. The number of aromatic nitrogens is 2. The molecule has 32 heavy (non-hydrogen) atoms. The van der Waals surface area contributed by atoms with E-state index in [1.807, 2.05) is 36.6 Å². The third-order valence-corrected chi connectivity index (χ3v) is 7.84. The second kappa shape index (κ2) is 8.85. The molecule has 2 heterocycles. The molecule has 0 saturated carbocycles. The molecule has 0 spiro atoms. The normalized spacial score (nSPS) is 11.9. The minimum absolute atomic E-state index is 0.108. The van der Waals surface area contributed by atoms with E-state index < -0.39 is 10.0 Å². The maximum absolute atomic E-state index is 13.1. The number of fused-ring (bicyclic) bond motifs is 1. The molecule has 7 nitrogen and oxygen atoms in total. The van der Waals surface area contributed by atoms with E-state index in [-0.39, 0.29) is 17.1 Å². The highest BCUT2D eigenvalue weighted by Gasteiger charge is 2.17. The minimum atomic E-state index is -3.48. The van der Waals surface area contributed by atoms with E-state index in [0.717, 1.165) is 21.0 Å². The predicted octanol–water partition coefficient (Wildman–Crippen LogP) is 3.76. The molecule has 4 aromatic rings. The van der Waals surface area contributed by atoms with Crippen molar-refractivity contribution in [2.45, 2.75) is 18.4 Å². The van der Waals surface area contributed by atoms with Gasteiger partial charge in [-0.2, -0.15) is 0 Å². The summed E-state index contributed by atoms with van der Waals surface area (Å²) in [6.07, 6.45) is 1.54. The number of hydrogen-bond donors (Lipinski definition) is 0. The van der Waals surface area contributed by atoms with Crippen molar-refractivity contribution in [1.29, 1.82) is 0 Å².